The number of ether oxygens (including phenoxy) is 2. The largest absolute Gasteiger partial charge is 0.493 e. The zero-order valence-electron chi connectivity index (χ0n) is 12.2. The van der Waals surface area contributed by atoms with Crippen molar-refractivity contribution in [1.29, 1.82) is 0 Å². The second kappa shape index (κ2) is 5.89. The number of methoxy groups -OCH3 is 2. The first-order valence-electron chi connectivity index (χ1n) is 6.19. The van der Waals surface area contributed by atoms with Crippen LogP contribution in [0.3, 0.4) is 0 Å². The van der Waals surface area contributed by atoms with Crippen molar-refractivity contribution in [3.05, 3.63) is 23.8 Å². The van der Waals surface area contributed by atoms with Gasteiger partial charge in [-0.05, 0) is 30.2 Å². The molecule has 0 aliphatic carbocycles. The SMILES string of the molecule is CCC(C)(C)C(=NC)c1ccc(OC)c(OC)c1. The maximum atomic E-state index is 5.34. The second-order valence-electron chi connectivity index (χ2n) is 4.88. The standard InChI is InChI=1S/C15H23NO2/c1-7-15(2,3)14(16-4)11-8-9-12(17-5)13(10-11)18-6/h8-10H,7H2,1-6H3. The third kappa shape index (κ3) is 2.84. The van der Waals surface area contributed by atoms with Crippen molar-refractivity contribution in [1.82, 2.24) is 0 Å². The summed E-state index contributed by atoms with van der Waals surface area (Å²) < 4.78 is 10.6. The first-order valence-corrected chi connectivity index (χ1v) is 6.19. The van der Waals surface area contributed by atoms with E-state index < -0.39 is 0 Å². The highest BCUT2D eigenvalue weighted by Gasteiger charge is 2.24. The van der Waals surface area contributed by atoms with Crippen molar-refractivity contribution in [3.63, 3.8) is 0 Å². The van der Waals surface area contributed by atoms with E-state index in [0.717, 1.165) is 29.2 Å². The normalized spacial score (nSPS) is 12.4. The van der Waals surface area contributed by atoms with Crippen molar-refractivity contribution in [2.45, 2.75) is 27.2 Å². The smallest absolute Gasteiger partial charge is 0.161 e. The molecule has 0 unspecified atom stereocenters. The first kappa shape index (κ1) is 14.6. The van der Waals surface area contributed by atoms with E-state index in [0.29, 0.717) is 0 Å². The molecule has 0 heterocycles. The Morgan fingerprint density at radius 1 is 1.17 bits per heavy atom. The predicted octanol–water partition coefficient (Wildman–Crippen LogP) is 3.56. The molecule has 18 heavy (non-hydrogen) atoms. The highest BCUT2D eigenvalue weighted by molar-refractivity contribution is 6.04. The fraction of sp³-hybridized carbons (Fsp3) is 0.533. The zero-order valence-corrected chi connectivity index (χ0v) is 12.2. The van der Waals surface area contributed by atoms with E-state index in [9.17, 15) is 0 Å². The van der Waals surface area contributed by atoms with Crippen LogP contribution >= 0.6 is 0 Å². The Morgan fingerprint density at radius 3 is 2.22 bits per heavy atom. The molecule has 0 radical (unpaired) electrons. The molecule has 0 saturated heterocycles. The molecule has 1 aromatic carbocycles. The van der Waals surface area contributed by atoms with Gasteiger partial charge in [-0.15, -0.1) is 0 Å². The molecule has 0 atom stereocenters. The van der Waals surface area contributed by atoms with Gasteiger partial charge in [0, 0.05) is 18.2 Å². The average molecular weight is 249 g/mol. The van der Waals surface area contributed by atoms with Crippen LogP contribution in [0.5, 0.6) is 11.5 Å². The zero-order chi connectivity index (χ0) is 13.8. The summed E-state index contributed by atoms with van der Waals surface area (Å²) in [6.07, 6.45) is 1.04. The summed E-state index contributed by atoms with van der Waals surface area (Å²) in [5.41, 5.74) is 2.22. The lowest BCUT2D eigenvalue weighted by Crippen LogP contribution is -2.24. The van der Waals surface area contributed by atoms with Crippen LogP contribution in [0.4, 0.5) is 0 Å². The van der Waals surface area contributed by atoms with Gasteiger partial charge in [0.15, 0.2) is 11.5 Å². The molecular formula is C15H23NO2. The van der Waals surface area contributed by atoms with Gasteiger partial charge in [0.1, 0.15) is 0 Å². The molecule has 1 aromatic rings. The maximum absolute atomic E-state index is 5.34. The fourth-order valence-corrected chi connectivity index (χ4v) is 1.97. The highest BCUT2D eigenvalue weighted by Crippen LogP contribution is 2.32. The summed E-state index contributed by atoms with van der Waals surface area (Å²) in [7, 11) is 5.13. The second-order valence-corrected chi connectivity index (χ2v) is 4.88. The van der Waals surface area contributed by atoms with Crippen molar-refractivity contribution in [2.75, 3.05) is 21.3 Å². The van der Waals surface area contributed by atoms with Gasteiger partial charge in [0.2, 0.25) is 0 Å². The van der Waals surface area contributed by atoms with Crippen molar-refractivity contribution in [3.8, 4) is 11.5 Å². The molecule has 0 aliphatic rings. The number of hydrogen-bond donors (Lipinski definition) is 0. The van der Waals surface area contributed by atoms with Gasteiger partial charge in [0.05, 0.1) is 14.2 Å². The number of aliphatic imine (C=N–C) groups is 1. The van der Waals surface area contributed by atoms with Crippen LogP contribution in [0.25, 0.3) is 0 Å². The molecule has 0 aliphatic heterocycles. The van der Waals surface area contributed by atoms with Crippen LogP contribution in [-0.4, -0.2) is 27.0 Å². The number of rotatable bonds is 5. The lowest BCUT2D eigenvalue weighted by molar-refractivity contribution is 0.355. The van der Waals surface area contributed by atoms with Crippen LogP contribution in [0, 0.1) is 5.41 Å². The molecule has 0 amide bonds. The van der Waals surface area contributed by atoms with E-state index in [-0.39, 0.29) is 5.41 Å². The van der Waals surface area contributed by atoms with E-state index in [1.165, 1.54) is 0 Å². The third-order valence-corrected chi connectivity index (χ3v) is 3.41. The number of nitrogens with zero attached hydrogens (tertiary/aromatic N) is 1. The summed E-state index contributed by atoms with van der Waals surface area (Å²) in [6, 6.07) is 5.94. The van der Waals surface area contributed by atoms with Gasteiger partial charge in [0.25, 0.3) is 0 Å². The molecule has 3 nitrogen and oxygen atoms in total. The highest BCUT2D eigenvalue weighted by atomic mass is 16.5. The van der Waals surface area contributed by atoms with Crippen molar-refractivity contribution >= 4 is 5.71 Å². The molecule has 0 fully saturated rings. The predicted molar refractivity (Wildman–Crippen MR) is 76.1 cm³/mol. The topological polar surface area (TPSA) is 30.8 Å². The van der Waals surface area contributed by atoms with E-state index in [1.54, 1.807) is 14.2 Å². The summed E-state index contributed by atoms with van der Waals surface area (Å²) in [6.45, 7) is 6.57. The third-order valence-electron chi connectivity index (χ3n) is 3.41. The maximum Gasteiger partial charge on any atom is 0.161 e. The van der Waals surface area contributed by atoms with Crippen LogP contribution in [0.2, 0.25) is 0 Å². The first-order chi connectivity index (χ1) is 8.50. The van der Waals surface area contributed by atoms with Gasteiger partial charge in [-0.25, -0.2) is 0 Å². The van der Waals surface area contributed by atoms with Crippen molar-refractivity contribution in [2.24, 2.45) is 10.4 Å². The fourth-order valence-electron chi connectivity index (χ4n) is 1.97. The van der Waals surface area contributed by atoms with Gasteiger partial charge < -0.3 is 9.47 Å². The number of benzene rings is 1. The minimum atomic E-state index is 0.0500. The Morgan fingerprint density at radius 2 is 1.78 bits per heavy atom. The molecule has 100 valence electrons. The van der Waals surface area contributed by atoms with Crippen molar-refractivity contribution < 1.29 is 9.47 Å². The van der Waals surface area contributed by atoms with Crippen LogP contribution in [-0.2, 0) is 0 Å². The summed E-state index contributed by atoms with van der Waals surface area (Å²) in [5.74, 6) is 1.48. The Hall–Kier alpha value is -1.51. The van der Waals surface area contributed by atoms with Gasteiger partial charge in [-0.2, -0.15) is 0 Å². The average Bonchev–Trinajstić information content (AvgIpc) is 2.39. The molecule has 0 bridgehead atoms. The van der Waals surface area contributed by atoms with Gasteiger partial charge in [-0.3, -0.25) is 4.99 Å². The van der Waals surface area contributed by atoms with Gasteiger partial charge >= 0.3 is 0 Å². The van der Waals surface area contributed by atoms with E-state index in [2.05, 4.69) is 25.8 Å². The lowest BCUT2D eigenvalue weighted by Gasteiger charge is -2.25. The summed E-state index contributed by atoms with van der Waals surface area (Å²) in [4.78, 5) is 4.45. The Kier molecular flexibility index (Phi) is 4.76. The molecule has 0 saturated carbocycles. The molecule has 0 aromatic heterocycles. The Labute approximate surface area is 110 Å². The van der Waals surface area contributed by atoms with Crippen LogP contribution in [0.1, 0.15) is 32.8 Å². The van der Waals surface area contributed by atoms with E-state index >= 15 is 0 Å². The minimum absolute atomic E-state index is 0.0500. The molecule has 0 N–H and O–H groups in total. The summed E-state index contributed by atoms with van der Waals surface area (Å²) in [5, 5.41) is 0. The molecule has 0 spiro atoms. The molecular weight excluding hydrogens is 226 g/mol. The number of hydrogen-bond acceptors (Lipinski definition) is 3. The quantitative estimate of drug-likeness (QED) is 0.747. The summed E-state index contributed by atoms with van der Waals surface area (Å²) >= 11 is 0. The lowest BCUT2D eigenvalue weighted by atomic mass is 9.81. The Bertz CT molecular complexity index is 436. The monoisotopic (exact) mass is 249 g/mol. The van der Waals surface area contributed by atoms with E-state index in [1.807, 2.05) is 25.2 Å². The Balaban J connectivity index is 3.25. The molecule has 1 rings (SSSR count). The molecule has 3 heteroatoms. The minimum Gasteiger partial charge on any atom is -0.493 e. The van der Waals surface area contributed by atoms with Crippen LogP contribution in [0.15, 0.2) is 23.2 Å². The van der Waals surface area contributed by atoms with E-state index in [4.69, 9.17) is 9.47 Å². The van der Waals surface area contributed by atoms with Crippen LogP contribution < -0.4 is 9.47 Å². The van der Waals surface area contributed by atoms with Gasteiger partial charge in [-0.1, -0.05) is 20.8 Å².